The molecule has 1 aliphatic heterocycles. The third kappa shape index (κ3) is 1.78. The average Bonchev–Trinajstić information content (AvgIpc) is 2.54. The highest BCUT2D eigenvalue weighted by molar-refractivity contribution is 9.10. The van der Waals surface area contributed by atoms with Gasteiger partial charge in [-0.15, -0.1) is 0 Å². The molecular formula is C10H11BrOS. The summed E-state index contributed by atoms with van der Waals surface area (Å²) in [6.07, 6.45) is 0.861. The molecule has 1 aromatic rings. The van der Waals surface area contributed by atoms with Crippen molar-refractivity contribution < 1.29 is 5.11 Å². The molecule has 0 unspecified atom stereocenters. The summed E-state index contributed by atoms with van der Waals surface area (Å²) in [5, 5.41) is 10.3. The van der Waals surface area contributed by atoms with Crippen LogP contribution in [0.2, 0.25) is 0 Å². The first-order valence-corrected chi connectivity index (χ1v) is 6.22. The van der Waals surface area contributed by atoms with E-state index in [1.807, 2.05) is 36.0 Å². The molecule has 0 radical (unpaired) electrons. The Morgan fingerprint density at radius 2 is 2.15 bits per heavy atom. The van der Waals surface area contributed by atoms with E-state index in [1.54, 1.807) is 0 Å². The molecule has 70 valence electrons. The first-order chi connectivity index (χ1) is 6.22. The summed E-state index contributed by atoms with van der Waals surface area (Å²) in [6.45, 7) is 0. The van der Waals surface area contributed by atoms with Crippen LogP contribution in [-0.2, 0) is 5.60 Å². The fourth-order valence-electron chi connectivity index (χ4n) is 1.61. The Morgan fingerprint density at radius 1 is 1.38 bits per heavy atom. The maximum atomic E-state index is 10.3. The summed E-state index contributed by atoms with van der Waals surface area (Å²) < 4.78 is 1.01. The van der Waals surface area contributed by atoms with Crippen molar-refractivity contribution in [2.45, 2.75) is 12.0 Å². The first kappa shape index (κ1) is 9.56. The number of hydrogen-bond donors (Lipinski definition) is 1. The minimum atomic E-state index is -0.606. The van der Waals surface area contributed by atoms with Gasteiger partial charge in [0.15, 0.2) is 0 Å². The second-order valence-corrected chi connectivity index (χ2v) is 5.27. The lowest BCUT2D eigenvalue weighted by atomic mass is 9.94. The minimum absolute atomic E-state index is 0.606. The van der Waals surface area contributed by atoms with Gasteiger partial charge in [0.05, 0.1) is 0 Å². The summed E-state index contributed by atoms with van der Waals surface area (Å²) in [5.74, 6) is 1.87. The predicted octanol–water partition coefficient (Wildman–Crippen LogP) is 2.77. The Kier molecular flexibility index (Phi) is 2.67. The van der Waals surface area contributed by atoms with Crippen LogP contribution in [0.25, 0.3) is 0 Å². The quantitative estimate of drug-likeness (QED) is 0.836. The maximum absolute atomic E-state index is 10.3. The normalized spacial score (nSPS) is 27.8. The molecule has 2 rings (SSSR count). The predicted molar refractivity (Wildman–Crippen MR) is 60.0 cm³/mol. The van der Waals surface area contributed by atoms with E-state index in [2.05, 4.69) is 15.9 Å². The van der Waals surface area contributed by atoms with E-state index in [-0.39, 0.29) is 0 Å². The molecule has 0 aromatic heterocycles. The van der Waals surface area contributed by atoms with Crippen LogP contribution in [-0.4, -0.2) is 16.6 Å². The molecule has 1 atom stereocenters. The first-order valence-electron chi connectivity index (χ1n) is 4.27. The van der Waals surface area contributed by atoms with Gasteiger partial charge < -0.3 is 5.11 Å². The molecular weight excluding hydrogens is 248 g/mol. The molecule has 0 spiro atoms. The fraction of sp³-hybridized carbons (Fsp3) is 0.400. The number of halogens is 1. The summed E-state index contributed by atoms with van der Waals surface area (Å²) in [7, 11) is 0. The van der Waals surface area contributed by atoms with Gasteiger partial charge in [-0.3, -0.25) is 0 Å². The average molecular weight is 259 g/mol. The Bertz CT molecular complexity index is 308. The van der Waals surface area contributed by atoms with Crippen LogP contribution in [0.4, 0.5) is 0 Å². The van der Waals surface area contributed by atoms with Crippen LogP contribution in [0.1, 0.15) is 12.0 Å². The number of benzene rings is 1. The third-order valence-electron chi connectivity index (χ3n) is 2.38. The van der Waals surface area contributed by atoms with E-state index in [0.717, 1.165) is 28.0 Å². The second kappa shape index (κ2) is 3.64. The molecule has 0 amide bonds. The van der Waals surface area contributed by atoms with Crippen molar-refractivity contribution in [1.29, 1.82) is 0 Å². The fourth-order valence-corrected chi connectivity index (χ4v) is 3.52. The van der Waals surface area contributed by atoms with Gasteiger partial charge in [0.1, 0.15) is 5.60 Å². The zero-order chi connectivity index (χ0) is 9.31. The third-order valence-corrected chi connectivity index (χ3v) is 4.24. The van der Waals surface area contributed by atoms with Gasteiger partial charge in [-0.25, -0.2) is 0 Å². The van der Waals surface area contributed by atoms with Crippen LogP contribution in [0.5, 0.6) is 0 Å². The lowest BCUT2D eigenvalue weighted by Crippen LogP contribution is -2.25. The van der Waals surface area contributed by atoms with Crippen LogP contribution in [0, 0.1) is 0 Å². The van der Waals surface area contributed by atoms with Gasteiger partial charge >= 0.3 is 0 Å². The lowest BCUT2D eigenvalue weighted by molar-refractivity contribution is 0.0650. The molecule has 0 aliphatic carbocycles. The van der Waals surface area contributed by atoms with Crippen molar-refractivity contribution in [3.05, 3.63) is 34.3 Å². The van der Waals surface area contributed by atoms with Crippen molar-refractivity contribution in [1.82, 2.24) is 0 Å². The Morgan fingerprint density at radius 3 is 2.77 bits per heavy atom. The second-order valence-electron chi connectivity index (χ2n) is 3.31. The van der Waals surface area contributed by atoms with Crippen LogP contribution >= 0.6 is 27.7 Å². The van der Waals surface area contributed by atoms with E-state index in [1.165, 1.54) is 0 Å². The van der Waals surface area contributed by atoms with E-state index < -0.39 is 5.60 Å². The molecule has 0 bridgehead atoms. The molecule has 13 heavy (non-hydrogen) atoms. The summed E-state index contributed by atoms with van der Waals surface area (Å²) in [5.41, 5.74) is 0.421. The van der Waals surface area contributed by atoms with E-state index in [0.29, 0.717) is 0 Å². The minimum Gasteiger partial charge on any atom is -0.384 e. The van der Waals surface area contributed by atoms with Gasteiger partial charge in [-0.1, -0.05) is 34.1 Å². The summed E-state index contributed by atoms with van der Waals surface area (Å²) in [6, 6.07) is 7.92. The van der Waals surface area contributed by atoms with E-state index in [4.69, 9.17) is 0 Å². The van der Waals surface area contributed by atoms with Crippen LogP contribution in [0.15, 0.2) is 28.7 Å². The van der Waals surface area contributed by atoms with Crippen LogP contribution < -0.4 is 0 Å². The smallest absolute Gasteiger partial charge is 0.100 e. The molecule has 1 fully saturated rings. The van der Waals surface area contributed by atoms with Crippen molar-refractivity contribution in [3.8, 4) is 0 Å². The van der Waals surface area contributed by atoms with E-state index >= 15 is 0 Å². The van der Waals surface area contributed by atoms with E-state index in [9.17, 15) is 5.11 Å². The van der Waals surface area contributed by atoms with Gasteiger partial charge in [0.25, 0.3) is 0 Å². The van der Waals surface area contributed by atoms with Crippen molar-refractivity contribution in [3.63, 3.8) is 0 Å². The number of thioether (sulfide) groups is 1. The zero-order valence-corrected chi connectivity index (χ0v) is 9.57. The molecule has 1 N–H and O–H groups in total. The molecule has 0 saturated carbocycles. The molecule has 1 saturated heterocycles. The molecule has 1 nitrogen and oxygen atoms in total. The van der Waals surface area contributed by atoms with Gasteiger partial charge in [0.2, 0.25) is 0 Å². The van der Waals surface area contributed by atoms with Gasteiger partial charge in [-0.05, 0) is 23.8 Å². The molecule has 1 heterocycles. The van der Waals surface area contributed by atoms with Gasteiger partial charge in [0, 0.05) is 10.2 Å². The van der Waals surface area contributed by atoms with Crippen molar-refractivity contribution >= 4 is 27.7 Å². The summed E-state index contributed by atoms with van der Waals surface area (Å²) >= 11 is 5.29. The van der Waals surface area contributed by atoms with Crippen molar-refractivity contribution in [2.75, 3.05) is 11.5 Å². The SMILES string of the molecule is O[C@]1(c2ccccc2Br)CCSC1. The highest BCUT2D eigenvalue weighted by atomic mass is 79.9. The number of rotatable bonds is 1. The highest BCUT2D eigenvalue weighted by Gasteiger charge is 2.34. The molecule has 3 heteroatoms. The zero-order valence-electron chi connectivity index (χ0n) is 7.16. The largest absolute Gasteiger partial charge is 0.384 e. The monoisotopic (exact) mass is 258 g/mol. The van der Waals surface area contributed by atoms with Crippen LogP contribution in [0.3, 0.4) is 0 Å². The Balaban J connectivity index is 2.39. The maximum Gasteiger partial charge on any atom is 0.100 e. The Hall–Kier alpha value is 0.01000. The standard InChI is InChI=1S/C10H11BrOS/c11-9-4-2-1-3-8(9)10(12)5-6-13-7-10/h1-4,12H,5-7H2/t10-/m1/s1. The topological polar surface area (TPSA) is 20.2 Å². The van der Waals surface area contributed by atoms with Gasteiger partial charge in [-0.2, -0.15) is 11.8 Å². The number of hydrogen-bond acceptors (Lipinski definition) is 2. The lowest BCUT2D eigenvalue weighted by Gasteiger charge is -2.22. The molecule has 1 aliphatic rings. The molecule has 1 aromatic carbocycles. The number of aliphatic hydroxyl groups is 1. The Labute approximate surface area is 90.7 Å². The highest BCUT2D eigenvalue weighted by Crippen LogP contribution is 2.39. The van der Waals surface area contributed by atoms with Crippen molar-refractivity contribution in [2.24, 2.45) is 0 Å². The summed E-state index contributed by atoms with van der Waals surface area (Å²) in [4.78, 5) is 0.